The van der Waals surface area contributed by atoms with Crippen LogP contribution in [0.15, 0.2) is 35.6 Å². The fourth-order valence-corrected chi connectivity index (χ4v) is 6.55. The van der Waals surface area contributed by atoms with Gasteiger partial charge in [0.05, 0.1) is 24.1 Å². The third kappa shape index (κ3) is 5.11. The van der Waals surface area contributed by atoms with Crippen molar-refractivity contribution in [3.8, 4) is 0 Å². The molecule has 0 aromatic heterocycles. The fraction of sp³-hybridized carbons (Fsp3) is 0.654. The first-order valence-corrected chi connectivity index (χ1v) is 15.3. The summed E-state index contributed by atoms with van der Waals surface area (Å²) in [4.78, 5) is 40.9. The van der Waals surface area contributed by atoms with Crippen LogP contribution in [0.1, 0.15) is 53.9 Å². The first-order valence-electron chi connectivity index (χ1n) is 12.4. The van der Waals surface area contributed by atoms with Crippen molar-refractivity contribution in [2.24, 2.45) is 5.92 Å². The van der Waals surface area contributed by atoms with E-state index < -0.39 is 20.4 Å². The van der Waals surface area contributed by atoms with Crippen molar-refractivity contribution < 1.29 is 28.7 Å². The highest BCUT2D eigenvalue weighted by Crippen LogP contribution is 2.48. The van der Waals surface area contributed by atoms with Gasteiger partial charge >= 0.3 is 12.1 Å². The van der Waals surface area contributed by atoms with Gasteiger partial charge in [-0.2, -0.15) is 0 Å². The van der Waals surface area contributed by atoms with Crippen LogP contribution in [0.2, 0.25) is 18.1 Å². The highest BCUT2D eigenvalue weighted by atomic mass is 28.4. The molecule has 3 aliphatic heterocycles. The Kier molecular flexibility index (Phi) is 7.72. The zero-order chi connectivity index (χ0) is 26.3. The Morgan fingerprint density at radius 1 is 1.31 bits per heavy atom. The van der Waals surface area contributed by atoms with Gasteiger partial charge in [0.25, 0.3) is 0 Å². The number of amides is 2. The predicted molar refractivity (Wildman–Crippen MR) is 136 cm³/mol. The van der Waals surface area contributed by atoms with E-state index in [1.54, 1.807) is 4.90 Å². The van der Waals surface area contributed by atoms with Crippen molar-refractivity contribution in [2.45, 2.75) is 90.2 Å². The maximum Gasteiger partial charge on any atom is 0.410 e. The highest BCUT2D eigenvalue weighted by molar-refractivity contribution is 6.74. The minimum Gasteiger partial charge on any atom is -0.477 e. The van der Waals surface area contributed by atoms with Crippen LogP contribution in [0, 0.1) is 5.92 Å². The van der Waals surface area contributed by atoms with E-state index in [0.717, 1.165) is 18.4 Å². The largest absolute Gasteiger partial charge is 0.477 e. The summed E-state index contributed by atoms with van der Waals surface area (Å²) in [6.45, 7) is 18.9. The maximum atomic E-state index is 13.2. The summed E-state index contributed by atoms with van der Waals surface area (Å²) >= 11 is 0. The molecular weight excluding hydrogens is 464 g/mol. The van der Waals surface area contributed by atoms with E-state index in [4.69, 9.17) is 9.16 Å². The molecule has 0 unspecified atom stereocenters. The molecule has 1 N–H and O–H groups in total. The van der Waals surface area contributed by atoms with Crippen LogP contribution in [0.4, 0.5) is 4.79 Å². The van der Waals surface area contributed by atoms with Crippen molar-refractivity contribution in [3.05, 3.63) is 35.6 Å². The van der Waals surface area contributed by atoms with Crippen LogP contribution < -0.4 is 0 Å². The molecule has 9 heteroatoms. The van der Waals surface area contributed by atoms with Crippen LogP contribution in [0.25, 0.3) is 0 Å². The Bertz CT molecular complexity index is 963. The van der Waals surface area contributed by atoms with Gasteiger partial charge in [0.2, 0.25) is 5.91 Å². The number of aliphatic carboxylic acids is 1. The van der Waals surface area contributed by atoms with Gasteiger partial charge in [0.15, 0.2) is 8.32 Å². The van der Waals surface area contributed by atoms with Crippen molar-refractivity contribution in [1.82, 2.24) is 9.80 Å². The predicted octanol–water partition coefficient (Wildman–Crippen LogP) is 4.70. The Balaban J connectivity index is 1.81. The van der Waals surface area contributed by atoms with Crippen LogP contribution in [0.3, 0.4) is 0 Å². The summed E-state index contributed by atoms with van der Waals surface area (Å²) in [6.07, 6.45) is 4.89. The first kappa shape index (κ1) is 27.2. The molecule has 35 heavy (non-hydrogen) atoms. The number of hydrogen-bond donors (Lipinski definition) is 1. The molecule has 3 rings (SSSR count). The number of β-lactam (4-membered cyclic amide) rings is 1. The van der Waals surface area contributed by atoms with Gasteiger partial charge in [-0.15, -0.1) is 0 Å². The van der Waals surface area contributed by atoms with Gasteiger partial charge in [0.1, 0.15) is 12.3 Å². The lowest BCUT2D eigenvalue weighted by molar-refractivity contribution is -0.160. The monoisotopic (exact) mass is 504 g/mol. The summed E-state index contributed by atoms with van der Waals surface area (Å²) in [5.41, 5.74) is 1.50. The maximum absolute atomic E-state index is 13.2. The Morgan fingerprint density at radius 2 is 1.97 bits per heavy atom. The molecule has 3 aliphatic rings. The van der Waals surface area contributed by atoms with Crippen LogP contribution >= 0.6 is 0 Å². The van der Waals surface area contributed by atoms with Gasteiger partial charge in [0, 0.05) is 6.54 Å². The Morgan fingerprint density at radius 3 is 2.54 bits per heavy atom. The molecule has 194 valence electrons. The average molecular weight is 505 g/mol. The van der Waals surface area contributed by atoms with E-state index in [0.29, 0.717) is 18.5 Å². The van der Waals surface area contributed by atoms with Gasteiger partial charge in [-0.1, -0.05) is 39.5 Å². The molecule has 0 aliphatic carbocycles. The van der Waals surface area contributed by atoms with Crippen molar-refractivity contribution in [2.75, 3.05) is 13.2 Å². The number of fused-ring (bicyclic) bond motifs is 1. The van der Waals surface area contributed by atoms with Crippen LogP contribution in [-0.2, 0) is 18.8 Å². The summed E-state index contributed by atoms with van der Waals surface area (Å²) in [5.74, 6) is -1.65. The lowest BCUT2D eigenvalue weighted by Crippen LogP contribution is -2.63. The number of carboxylic acids is 1. The third-order valence-electron chi connectivity index (χ3n) is 7.98. The van der Waals surface area contributed by atoms with Gasteiger partial charge < -0.3 is 24.1 Å². The van der Waals surface area contributed by atoms with E-state index in [9.17, 15) is 19.5 Å². The second-order valence-electron chi connectivity index (χ2n) is 11.3. The lowest BCUT2D eigenvalue weighted by Gasteiger charge is -2.48. The molecule has 0 radical (unpaired) electrons. The molecule has 2 fully saturated rings. The van der Waals surface area contributed by atoms with Crippen molar-refractivity contribution >= 4 is 26.3 Å². The molecule has 3 heterocycles. The zero-order valence-electron chi connectivity index (χ0n) is 22.1. The number of carbonyl (C=O) groups excluding carboxylic acids is 2. The van der Waals surface area contributed by atoms with Gasteiger partial charge in [-0.25, -0.2) is 9.59 Å². The molecule has 0 aromatic carbocycles. The van der Waals surface area contributed by atoms with E-state index in [2.05, 4.69) is 40.4 Å². The number of nitrogens with zero attached hydrogens (tertiary/aromatic N) is 2. The smallest absolute Gasteiger partial charge is 0.410 e. The normalized spacial score (nSPS) is 26.0. The number of allylic oxidation sites excluding steroid dienone is 1. The van der Waals surface area contributed by atoms with Gasteiger partial charge in [-0.05, 0) is 62.4 Å². The summed E-state index contributed by atoms with van der Waals surface area (Å²) < 4.78 is 11.7. The first-order chi connectivity index (χ1) is 16.2. The van der Waals surface area contributed by atoms with E-state index >= 15 is 0 Å². The molecule has 0 spiro atoms. The molecule has 2 saturated heterocycles. The average Bonchev–Trinajstić information content (AvgIpc) is 3.33. The molecule has 2 amide bonds. The number of carboxylic acid groups (broad SMARTS) is 1. The topological polar surface area (TPSA) is 96.4 Å². The van der Waals surface area contributed by atoms with Crippen LogP contribution in [-0.4, -0.2) is 72.5 Å². The number of likely N-dealkylation sites (tertiary alicyclic amines) is 1. The quantitative estimate of drug-likeness (QED) is 0.292. The van der Waals surface area contributed by atoms with E-state index in [1.807, 2.05) is 19.9 Å². The minimum absolute atomic E-state index is 0.0123. The van der Waals surface area contributed by atoms with E-state index in [1.165, 1.54) is 11.0 Å². The zero-order valence-corrected chi connectivity index (χ0v) is 23.1. The SMILES string of the molecule is C=CCOC(=O)N1CCC[C@H]1C=C(C)C1=C(C(=O)O)N2C(=O)[C@H]([C@@H](C)O[Si](C)(C)C(C)(C)C)[C@H]2C1. The van der Waals surface area contributed by atoms with Crippen molar-refractivity contribution in [1.29, 1.82) is 0 Å². The second-order valence-corrected chi connectivity index (χ2v) is 16.1. The minimum atomic E-state index is -2.08. The summed E-state index contributed by atoms with van der Waals surface area (Å²) in [5, 5.41) is 10.0. The summed E-state index contributed by atoms with van der Waals surface area (Å²) in [6, 6.07) is -0.389. The van der Waals surface area contributed by atoms with Crippen molar-refractivity contribution in [3.63, 3.8) is 0 Å². The highest BCUT2D eigenvalue weighted by Gasteiger charge is 2.58. The molecule has 8 nitrogen and oxygen atoms in total. The van der Waals surface area contributed by atoms with Crippen LogP contribution in [0.5, 0.6) is 0 Å². The van der Waals surface area contributed by atoms with Gasteiger partial charge in [-0.3, -0.25) is 4.79 Å². The summed E-state index contributed by atoms with van der Waals surface area (Å²) in [7, 11) is -2.08. The Hall–Kier alpha value is -2.39. The standard InChI is InChI=1S/C26H40N2O6Si/c1-9-13-33-25(32)27-12-10-11-18(27)14-16(2)19-15-20-21(23(29)28(20)22(19)24(30)31)17(3)34-35(7,8)26(4,5)6/h9,14,17-18,20-21H,1,10-13,15H2,2-8H3,(H,30,31)/t17-,18+,20-,21-/m1/s1. The third-order valence-corrected chi connectivity index (χ3v) is 12.6. The fourth-order valence-electron chi connectivity index (χ4n) is 5.12. The molecular formula is C26H40N2O6Si. The molecule has 4 atom stereocenters. The molecule has 0 aromatic rings. The number of ether oxygens (including phenoxy) is 1. The lowest BCUT2D eigenvalue weighted by atomic mass is 9.82. The number of hydrogen-bond acceptors (Lipinski definition) is 5. The Labute approximate surface area is 209 Å². The molecule has 0 saturated carbocycles. The molecule has 0 bridgehead atoms. The van der Waals surface area contributed by atoms with E-state index in [-0.39, 0.29) is 47.4 Å². The number of rotatable bonds is 8. The number of carbonyl (C=O) groups is 3. The second kappa shape index (κ2) is 9.93.